The normalized spacial score (nSPS) is 41.2. The van der Waals surface area contributed by atoms with Crippen LogP contribution in [0.5, 0.6) is 11.5 Å². The summed E-state index contributed by atoms with van der Waals surface area (Å²) in [6.07, 6.45) is 8.61. The van der Waals surface area contributed by atoms with Gasteiger partial charge in [-0.3, -0.25) is 4.90 Å². The summed E-state index contributed by atoms with van der Waals surface area (Å²) in [5, 5.41) is 10.9. The standard InChI is InChI=1S/C30H35NO3/c1-33-23-10-9-20-15-24-28-11-12-29(22(16-28)18-32,21-5-3-2-4-6-21)27-30(28,25(20)26(23)34-27)13-14-31(24)17-19-7-8-19/h2-6,9-10,19,22,24,27,32H,7-8,11-18H2,1H3/t22?,24-,27+,28-,29-,30+/m1/s1. The molecule has 0 amide bonds. The van der Waals surface area contributed by atoms with Gasteiger partial charge in [0.2, 0.25) is 0 Å². The number of piperidine rings is 1. The molecule has 2 heterocycles. The summed E-state index contributed by atoms with van der Waals surface area (Å²) in [5.41, 5.74) is 4.38. The highest BCUT2D eigenvalue weighted by molar-refractivity contribution is 5.64. The third-order valence-corrected chi connectivity index (χ3v) is 11.2. The van der Waals surface area contributed by atoms with Gasteiger partial charge in [-0.05, 0) is 80.5 Å². The quantitative estimate of drug-likeness (QED) is 0.720. The number of nitrogens with zero attached hydrogens (tertiary/aromatic N) is 1. The number of likely N-dealkylation sites (tertiary alicyclic amines) is 1. The zero-order chi connectivity index (χ0) is 22.7. The first-order valence-corrected chi connectivity index (χ1v) is 13.5. The van der Waals surface area contributed by atoms with Crippen LogP contribution in [-0.2, 0) is 17.3 Å². The molecule has 2 aromatic rings. The van der Waals surface area contributed by atoms with Crippen LogP contribution in [0.25, 0.3) is 0 Å². The molecule has 1 N–H and O–H groups in total. The topological polar surface area (TPSA) is 41.9 Å². The Morgan fingerprint density at radius 2 is 1.94 bits per heavy atom. The summed E-state index contributed by atoms with van der Waals surface area (Å²) >= 11 is 0. The van der Waals surface area contributed by atoms with Crippen molar-refractivity contribution in [3.05, 3.63) is 59.2 Å². The van der Waals surface area contributed by atoms with E-state index in [1.54, 1.807) is 7.11 Å². The van der Waals surface area contributed by atoms with Crippen LogP contribution in [0, 0.1) is 17.3 Å². The summed E-state index contributed by atoms with van der Waals surface area (Å²) in [5.74, 6) is 3.04. The molecule has 4 bridgehead atoms. The Balaban J connectivity index is 1.40. The van der Waals surface area contributed by atoms with Gasteiger partial charge >= 0.3 is 0 Å². The molecule has 34 heavy (non-hydrogen) atoms. The van der Waals surface area contributed by atoms with Crippen molar-refractivity contribution in [3.63, 3.8) is 0 Å². The fraction of sp³-hybridized carbons (Fsp3) is 0.600. The minimum Gasteiger partial charge on any atom is -0.493 e. The molecule has 2 aliphatic heterocycles. The summed E-state index contributed by atoms with van der Waals surface area (Å²) in [7, 11) is 1.78. The summed E-state index contributed by atoms with van der Waals surface area (Å²) in [4.78, 5) is 2.88. The van der Waals surface area contributed by atoms with Crippen LogP contribution >= 0.6 is 0 Å². The van der Waals surface area contributed by atoms with Crippen molar-refractivity contribution >= 4 is 0 Å². The average Bonchev–Trinajstić information content (AvgIpc) is 3.62. The molecule has 7 aliphatic rings. The first-order chi connectivity index (χ1) is 16.7. The van der Waals surface area contributed by atoms with Gasteiger partial charge in [-0.15, -0.1) is 0 Å². The van der Waals surface area contributed by atoms with Crippen LogP contribution < -0.4 is 9.47 Å². The van der Waals surface area contributed by atoms with Crippen molar-refractivity contribution in [3.8, 4) is 11.5 Å². The molecule has 5 aliphatic carbocycles. The predicted molar refractivity (Wildman–Crippen MR) is 130 cm³/mol. The van der Waals surface area contributed by atoms with Crippen molar-refractivity contribution < 1.29 is 14.6 Å². The largest absolute Gasteiger partial charge is 0.493 e. The number of aliphatic hydroxyl groups excluding tert-OH is 1. The zero-order valence-corrected chi connectivity index (χ0v) is 20.1. The number of benzene rings is 2. The van der Waals surface area contributed by atoms with Crippen LogP contribution in [0.3, 0.4) is 0 Å². The molecule has 178 valence electrons. The fourth-order valence-electron chi connectivity index (χ4n) is 9.87. The van der Waals surface area contributed by atoms with Crippen LogP contribution in [0.4, 0.5) is 0 Å². The second-order valence-electron chi connectivity index (χ2n) is 12.2. The minimum atomic E-state index is -0.153. The molecule has 6 atom stereocenters. The summed E-state index contributed by atoms with van der Waals surface area (Å²) in [6.45, 7) is 2.68. The number of aliphatic hydroxyl groups is 1. The van der Waals surface area contributed by atoms with Crippen LogP contribution in [0.1, 0.15) is 55.2 Å². The van der Waals surface area contributed by atoms with Gasteiger partial charge < -0.3 is 14.6 Å². The number of rotatable bonds is 5. The van der Waals surface area contributed by atoms with Crippen molar-refractivity contribution in [1.29, 1.82) is 0 Å². The molecule has 9 rings (SSSR count). The molecule has 4 heteroatoms. The molecule has 4 nitrogen and oxygen atoms in total. The Morgan fingerprint density at radius 3 is 2.71 bits per heavy atom. The number of hydrogen-bond acceptors (Lipinski definition) is 4. The predicted octanol–water partition coefficient (Wildman–Crippen LogP) is 4.46. The smallest absolute Gasteiger partial charge is 0.165 e. The third kappa shape index (κ3) is 2.12. The van der Waals surface area contributed by atoms with Crippen LogP contribution in [0.2, 0.25) is 0 Å². The lowest BCUT2D eigenvalue weighted by Gasteiger charge is -2.74. The maximum absolute atomic E-state index is 10.9. The minimum absolute atomic E-state index is 0.0228. The average molecular weight is 458 g/mol. The van der Waals surface area contributed by atoms with Crippen molar-refractivity contribution in [2.75, 3.05) is 26.8 Å². The van der Waals surface area contributed by atoms with E-state index in [-0.39, 0.29) is 34.9 Å². The second kappa shape index (κ2) is 6.59. The first kappa shape index (κ1) is 20.2. The molecule has 5 fully saturated rings. The Kier molecular flexibility index (Phi) is 3.91. The Labute approximate surface area is 202 Å². The van der Waals surface area contributed by atoms with Gasteiger partial charge in [0.1, 0.15) is 6.10 Å². The molecular weight excluding hydrogens is 422 g/mol. The fourth-order valence-corrected chi connectivity index (χ4v) is 9.87. The summed E-state index contributed by atoms with van der Waals surface area (Å²) in [6, 6.07) is 16.1. The molecular formula is C30H35NO3. The first-order valence-electron chi connectivity index (χ1n) is 13.5. The van der Waals surface area contributed by atoms with Gasteiger partial charge in [0.05, 0.1) is 7.11 Å². The van der Waals surface area contributed by atoms with E-state index in [2.05, 4.69) is 47.4 Å². The lowest BCUT2D eigenvalue weighted by Crippen LogP contribution is -2.80. The highest BCUT2D eigenvalue weighted by Gasteiger charge is 2.80. The van der Waals surface area contributed by atoms with Gasteiger partial charge in [0, 0.05) is 41.0 Å². The van der Waals surface area contributed by atoms with E-state index < -0.39 is 0 Å². The maximum atomic E-state index is 10.9. The molecule has 2 spiro atoms. The molecule has 1 saturated heterocycles. The Bertz CT molecular complexity index is 1160. The second-order valence-corrected chi connectivity index (χ2v) is 12.2. The zero-order valence-electron chi connectivity index (χ0n) is 20.1. The highest BCUT2D eigenvalue weighted by Crippen LogP contribution is 2.78. The van der Waals surface area contributed by atoms with E-state index in [0.29, 0.717) is 6.04 Å². The van der Waals surface area contributed by atoms with E-state index in [4.69, 9.17) is 9.47 Å². The molecule has 4 saturated carbocycles. The third-order valence-electron chi connectivity index (χ3n) is 11.2. The van der Waals surface area contributed by atoms with Gasteiger partial charge in [-0.2, -0.15) is 0 Å². The van der Waals surface area contributed by atoms with Gasteiger partial charge in [-0.1, -0.05) is 36.4 Å². The van der Waals surface area contributed by atoms with E-state index in [1.165, 1.54) is 55.5 Å². The van der Waals surface area contributed by atoms with Gasteiger partial charge in [-0.25, -0.2) is 0 Å². The monoisotopic (exact) mass is 457 g/mol. The molecule has 0 radical (unpaired) electrons. The lowest BCUT2D eigenvalue weighted by atomic mass is 9.32. The highest BCUT2D eigenvalue weighted by atomic mass is 16.5. The Morgan fingerprint density at radius 1 is 1.09 bits per heavy atom. The van der Waals surface area contributed by atoms with Gasteiger partial charge in [0.15, 0.2) is 11.5 Å². The van der Waals surface area contributed by atoms with Crippen molar-refractivity contribution in [2.24, 2.45) is 17.3 Å². The number of hydrogen-bond donors (Lipinski definition) is 1. The van der Waals surface area contributed by atoms with E-state index in [9.17, 15) is 5.11 Å². The molecule has 2 aromatic carbocycles. The van der Waals surface area contributed by atoms with Crippen LogP contribution in [0.15, 0.2) is 42.5 Å². The lowest BCUT2D eigenvalue weighted by molar-refractivity contribution is -0.217. The van der Waals surface area contributed by atoms with Crippen molar-refractivity contribution in [2.45, 2.75) is 67.9 Å². The van der Waals surface area contributed by atoms with E-state index in [0.717, 1.165) is 36.7 Å². The molecule has 1 unspecified atom stereocenters. The maximum Gasteiger partial charge on any atom is 0.165 e. The SMILES string of the molecule is COc1ccc2c3c1O[C@@H]1[C@]34CCN(CC3CC3)[C@H](C2)[C@]42CC[C@@]1(c1ccccc1)C(CO)C2. The Hall–Kier alpha value is -2.04. The summed E-state index contributed by atoms with van der Waals surface area (Å²) < 4.78 is 13.1. The van der Waals surface area contributed by atoms with Gasteiger partial charge in [0.25, 0.3) is 0 Å². The van der Waals surface area contributed by atoms with Crippen molar-refractivity contribution in [1.82, 2.24) is 4.90 Å². The van der Waals surface area contributed by atoms with Crippen LogP contribution in [-0.4, -0.2) is 49.0 Å². The molecule has 0 aromatic heterocycles. The van der Waals surface area contributed by atoms with E-state index in [1.807, 2.05) is 0 Å². The number of ether oxygens (including phenoxy) is 2. The number of methoxy groups -OCH3 is 1. The number of fused-ring (bicyclic) bond motifs is 2. The van der Waals surface area contributed by atoms with E-state index >= 15 is 0 Å².